The minimum Gasteiger partial charge on any atom is -0.381 e. The average molecular weight is 321 g/mol. The number of hydrogen-bond donors (Lipinski definition) is 1. The van der Waals surface area contributed by atoms with Crippen LogP contribution in [0.4, 0.5) is 5.69 Å². The Morgan fingerprint density at radius 3 is 2.82 bits per heavy atom. The van der Waals surface area contributed by atoms with Crippen LogP contribution in [0.2, 0.25) is 5.02 Å². The van der Waals surface area contributed by atoms with Gasteiger partial charge >= 0.3 is 0 Å². The lowest BCUT2D eigenvalue weighted by Gasteiger charge is -2.10. The Balaban J connectivity index is 2.20. The SMILES string of the molecule is CC(C)CCOCCNc1cc(Br)ccc1Cl. The molecule has 1 aromatic rings. The lowest BCUT2D eigenvalue weighted by atomic mass is 10.1. The average Bonchev–Trinajstić information content (AvgIpc) is 2.27. The van der Waals surface area contributed by atoms with Crippen molar-refractivity contribution in [3.05, 3.63) is 27.7 Å². The maximum absolute atomic E-state index is 6.05. The van der Waals surface area contributed by atoms with Crippen LogP contribution >= 0.6 is 27.5 Å². The van der Waals surface area contributed by atoms with E-state index in [2.05, 4.69) is 35.1 Å². The van der Waals surface area contributed by atoms with E-state index in [9.17, 15) is 0 Å². The molecule has 2 nitrogen and oxygen atoms in total. The normalized spacial score (nSPS) is 10.9. The minimum atomic E-state index is 0.697. The fourth-order valence-corrected chi connectivity index (χ4v) is 1.86. The van der Waals surface area contributed by atoms with E-state index < -0.39 is 0 Å². The Bertz CT molecular complexity index is 344. The zero-order chi connectivity index (χ0) is 12.7. The van der Waals surface area contributed by atoms with E-state index in [1.54, 1.807) is 0 Å². The second-order valence-corrected chi connectivity index (χ2v) is 5.67. The van der Waals surface area contributed by atoms with Gasteiger partial charge in [-0.05, 0) is 30.5 Å². The molecule has 0 fully saturated rings. The molecule has 96 valence electrons. The highest BCUT2D eigenvalue weighted by atomic mass is 79.9. The topological polar surface area (TPSA) is 21.3 Å². The van der Waals surface area contributed by atoms with Crippen molar-refractivity contribution in [1.82, 2.24) is 0 Å². The summed E-state index contributed by atoms with van der Waals surface area (Å²) in [6.07, 6.45) is 1.11. The molecule has 0 saturated carbocycles. The van der Waals surface area contributed by atoms with Crippen LogP contribution in [-0.2, 0) is 4.74 Å². The van der Waals surface area contributed by atoms with Gasteiger partial charge < -0.3 is 10.1 Å². The van der Waals surface area contributed by atoms with Crippen molar-refractivity contribution in [3.8, 4) is 0 Å². The Labute approximate surface area is 117 Å². The number of nitrogens with one attached hydrogen (secondary N) is 1. The molecule has 0 aliphatic rings. The Morgan fingerprint density at radius 2 is 2.12 bits per heavy atom. The van der Waals surface area contributed by atoms with Gasteiger partial charge in [0.05, 0.1) is 17.3 Å². The maximum atomic E-state index is 6.05. The zero-order valence-corrected chi connectivity index (χ0v) is 12.6. The van der Waals surface area contributed by atoms with Crippen LogP contribution in [0.15, 0.2) is 22.7 Å². The van der Waals surface area contributed by atoms with Gasteiger partial charge in [-0.15, -0.1) is 0 Å². The summed E-state index contributed by atoms with van der Waals surface area (Å²) >= 11 is 9.47. The van der Waals surface area contributed by atoms with Crippen LogP contribution in [0.3, 0.4) is 0 Å². The van der Waals surface area contributed by atoms with Crippen LogP contribution in [0.1, 0.15) is 20.3 Å². The van der Waals surface area contributed by atoms with E-state index in [0.717, 1.165) is 34.8 Å². The Kier molecular flexibility index (Phi) is 6.93. The molecule has 0 radical (unpaired) electrons. The summed E-state index contributed by atoms with van der Waals surface area (Å²) < 4.78 is 6.54. The van der Waals surface area contributed by atoms with Gasteiger partial charge in [0.25, 0.3) is 0 Å². The monoisotopic (exact) mass is 319 g/mol. The van der Waals surface area contributed by atoms with Crippen molar-refractivity contribution in [2.75, 3.05) is 25.1 Å². The van der Waals surface area contributed by atoms with E-state index in [0.29, 0.717) is 12.5 Å². The summed E-state index contributed by atoms with van der Waals surface area (Å²) in [6.45, 7) is 6.70. The third-order valence-electron chi connectivity index (χ3n) is 2.33. The lowest BCUT2D eigenvalue weighted by Crippen LogP contribution is -2.11. The van der Waals surface area contributed by atoms with Crippen molar-refractivity contribution in [1.29, 1.82) is 0 Å². The quantitative estimate of drug-likeness (QED) is 0.743. The Hall–Kier alpha value is -0.250. The number of halogens is 2. The van der Waals surface area contributed by atoms with Crippen molar-refractivity contribution in [2.45, 2.75) is 20.3 Å². The van der Waals surface area contributed by atoms with Crippen molar-refractivity contribution >= 4 is 33.2 Å². The van der Waals surface area contributed by atoms with Gasteiger partial charge in [0.15, 0.2) is 0 Å². The summed E-state index contributed by atoms with van der Waals surface area (Å²) in [4.78, 5) is 0. The van der Waals surface area contributed by atoms with Crippen LogP contribution in [0, 0.1) is 5.92 Å². The summed E-state index contributed by atoms with van der Waals surface area (Å²) in [5, 5.41) is 3.99. The van der Waals surface area contributed by atoms with Crippen LogP contribution in [0.5, 0.6) is 0 Å². The first-order valence-electron chi connectivity index (χ1n) is 5.86. The number of anilines is 1. The highest BCUT2D eigenvalue weighted by Crippen LogP contribution is 2.25. The smallest absolute Gasteiger partial charge is 0.0639 e. The molecule has 0 spiro atoms. The molecular formula is C13H19BrClNO. The fraction of sp³-hybridized carbons (Fsp3) is 0.538. The summed E-state index contributed by atoms with van der Waals surface area (Å²) in [7, 11) is 0. The molecular weight excluding hydrogens is 302 g/mol. The van der Waals surface area contributed by atoms with Gasteiger partial charge in [0, 0.05) is 17.6 Å². The highest BCUT2D eigenvalue weighted by molar-refractivity contribution is 9.10. The molecule has 0 aliphatic carbocycles. The summed E-state index contributed by atoms with van der Waals surface area (Å²) in [5.41, 5.74) is 0.938. The van der Waals surface area contributed by atoms with E-state index >= 15 is 0 Å². The van der Waals surface area contributed by atoms with Gasteiger partial charge in [-0.2, -0.15) is 0 Å². The Morgan fingerprint density at radius 1 is 1.35 bits per heavy atom. The molecule has 1 aromatic carbocycles. The molecule has 1 N–H and O–H groups in total. The summed E-state index contributed by atoms with van der Waals surface area (Å²) in [6, 6.07) is 5.76. The number of hydrogen-bond acceptors (Lipinski definition) is 2. The third kappa shape index (κ3) is 6.29. The van der Waals surface area contributed by atoms with Gasteiger partial charge in [-0.25, -0.2) is 0 Å². The maximum Gasteiger partial charge on any atom is 0.0639 e. The van der Waals surface area contributed by atoms with Crippen LogP contribution in [-0.4, -0.2) is 19.8 Å². The molecule has 0 saturated heterocycles. The molecule has 17 heavy (non-hydrogen) atoms. The predicted octanol–water partition coefficient (Wildman–Crippen LogP) is 4.58. The molecule has 0 aromatic heterocycles. The largest absolute Gasteiger partial charge is 0.381 e. The molecule has 0 amide bonds. The van der Waals surface area contributed by atoms with Crippen molar-refractivity contribution in [3.63, 3.8) is 0 Å². The van der Waals surface area contributed by atoms with Crippen LogP contribution in [0.25, 0.3) is 0 Å². The van der Waals surface area contributed by atoms with E-state index in [1.807, 2.05) is 18.2 Å². The minimum absolute atomic E-state index is 0.697. The number of ether oxygens (including phenoxy) is 1. The summed E-state index contributed by atoms with van der Waals surface area (Å²) in [5.74, 6) is 0.697. The van der Waals surface area contributed by atoms with E-state index in [-0.39, 0.29) is 0 Å². The highest BCUT2D eigenvalue weighted by Gasteiger charge is 2.00. The molecule has 1 rings (SSSR count). The van der Waals surface area contributed by atoms with Gasteiger partial charge in [-0.1, -0.05) is 41.4 Å². The van der Waals surface area contributed by atoms with Crippen molar-refractivity contribution < 1.29 is 4.74 Å². The molecule has 0 unspecified atom stereocenters. The van der Waals surface area contributed by atoms with E-state index in [1.165, 1.54) is 0 Å². The van der Waals surface area contributed by atoms with Gasteiger partial charge in [0.2, 0.25) is 0 Å². The van der Waals surface area contributed by atoms with Crippen LogP contribution < -0.4 is 5.32 Å². The van der Waals surface area contributed by atoms with E-state index in [4.69, 9.17) is 16.3 Å². The molecule has 4 heteroatoms. The third-order valence-corrected chi connectivity index (χ3v) is 3.15. The second kappa shape index (κ2) is 7.96. The molecule has 0 atom stereocenters. The molecule has 0 bridgehead atoms. The first-order chi connectivity index (χ1) is 8.09. The predicted molar refractivity (Wildman–Crippen MR) is 77.9 cm³/mol. The van der Waals surface area contributed by atoms with Gasteiger partial charge in [-0.3, -0.25) is 0 Å². The van der Waals surface area contributed by atoms with Gasteiger partial charge in [0.1, 0.15) is 0 Å². The molecule has 0 aliphatic heterocycles. The second-order valence-electron chi connectivity index (χ2n) is 4.35. The van der Waals surface area contributed by atoms with Crippen molar-refractivity contribution in [2.24, 2.45) is 5.92 Å². The number of benzene rings is 1. The lowest BCUT2D eigenvalue weighted by molar-refractivity contribution is 0.132. The fourth-order valence-electron chi connectivity index (χ4n) is 1.31. The molecule has 0 heterocycles. The zero-order valence-electron chi connectivity index (χ0n) is 10.3. The standard InChI is InChI=1S/C13H19BrClNO/c1-10(2)5-7-17-8-6-16-13-9-11(14)3-4-12(13)15/h3-4,9-10,16H,5-8H2,1-2H3. The first-order valence-corrected chi connectivity index (χ1v) is 7.03. The first kappa shape index (κ1) is 14.8. The number of rotatable bonds is 7.